The highest BCUT2D eigenvalue weighted by Gasteiger charge is 2.53. The van der Waals surface area contributed by atoms with Crippen LogP contribution in [0.25, 0.3) is 0 Å². The summed E-state index contributed by atoms with van der Waals surface area (Å²) in [5, 5.41) is 119. The first-order valence-electron chi connectivity index (χ1n) is 26.5. The van der Waals surface area contributed by atoms with Crippen molar-refractivity contribution < 1.29 is 133 Å². The fourth-order valence-electron chi connectivity index (χ4n) is 9.94. The monoisotopic (exact) mass is 1160 g/mol. The number of allylic oxidation sites excluding steroid dienone is 2. The second-order valence-corrected chi connectivity index (χ2v) is 21.0. The number of carbonyl (C=O) groups excluding carboxylic acids is 4. The van der Waals surface area contributed by atoms with Gasteiger partial charge in [-0.25, -0.2) is 4.79 Å². The zero-order valence-electron chi connectivity index (χ0n) is 46.8. The number of carbonyl (C=O) groups is 5. The van der Waals surface area contributed by atoms with Crippen LogP contribution in [0.15, 0.2) is 24.3 Å². The van der Waals surface area contributed by atoms with E-state index in [1.165, 1.54) is 14.0 Å². The molecule has 462 valence electrons. The lowest BCUT2D eigenvalue weighted by atomic mass is 9.82. The summed E-state index contributed by atoms with van der Waals surface area (Å²) < 4.78 is 58.2. The van der Waals surface area contributed by atoms with Crippen LogP contribution >= 0.6 is 0 Å². The highest BCUT2D eigenvalue weighted by atomic mass is 16.7. The molecular weight excluding hydrogens is 1070 g/mol. The van der Waals surface area contributed by atoms with Crippen LogP contribution in [0.5, 0.6) is 0 Å². The van der Waals surface area contributed by atoms with E-state index in [0.29, 0.717) is 12.7 Å². The van der Waals surface area contributed by atoms with Crippen LogP contribution in [0.3, 0.4) is 0 Å². The molecule has 4 rings (SSSR count). The summed E-state index contributed by atoms with van der Waals surface area (Å²) in [7, 11) is 4.85. The van der Waals surface area contributed by atoms with Gasteiger partial charge in [-0.1, -0.05) is 38.2 Å². The molecule has 80 heavy (non-hydrogen) atoms. The van der Waals surface area contributed by atoms with Gasteiger partial charge in [-0.05, 0) is 60.0 Å². The smallest absolute Gasteiger partial charge is 0.335 e. The first-order valence-corrected chi connectivity index (χ1v) is 26.5. The molecule has 0 bridgehead atoms. The van der Waals surface area contributed by atoms with Crippen molar-refractivity contribution >= 4 is 30.2 Å². The van der Waals surface area contributed by atoms with E-state index in [4.69, 9.17) is 62.7 Å². The first kappa shape index (κ1) is 70.5. The van der Waals surface area contributed by atoms with Gasteiger partial charge in [-0.15, -0.1) is 0 Å². The highest BCUT2D eigenvalue weighted by Crippen LogP contribution is 2.38. The van der Waals surface area contributed by atoms with E-state index < -0.39 is 196 Å². The molecule has 28 heteroatoms. The second kappa shape index (κ2) is 32.9. The molecule has 25 atom stereocenters. The molecule has 3 fully saturated rings. The Balaban J connectivity index is 0.000000583. The van der Waals surface area contributed by atoms with Crippen molar-refractivity contribution in [2.24, 2.45) is 11.8 Å². The van der Waals surface area contributed by atoms with Crippen LogP contribution in [0.4, 0.5) is 0 Å². The average molecular weight is 1160 g/mol. The maximum atomic E-state index is 13.2. The van der Waals surface area contributed by atoms with Crippen molar-refractivity contribution in [3.8, 4) is 0 Å². The van der Waals surface area contributed by atoms with Gasteiger partial charge in [-0.3, -0.25) is 14.4 Å². The Morgan fingerprint density at radius 2 is 1.54 bits per heavy atom. The normalized spacial score (nSPS) is 39.9. The van der Waals surface area contributed by atoms with E-state index in [1.807, 2.05) is 6.92 Å². The number of rotatable bonds is 19. The number of methoxy groups -OCH3 is 1. The summed E-state index contributed by atoms with van der Waals surface area (Å²) in [6.45, 7) is 9.58. The number of esters is 3. The molecule has 0 spiro atoms. The fourth-order valence-corrected chi connectivity index (χ4v) is 9.94. The van der Waals surface area contributed by atoms with Crippen LogP contribution in [0.2, 0.25) is 0 Å². The van der Waals surface area contributed by atoms with E-state index in [-0.39, 0.29) is 25.7 Å². The molecule has 0 radical (unpaired) electrons. The Kier molecular flexibility index (Phi) is 29.0. The number of hydrogen-bond donors (Lipinski definition) is 12. The first-order chi connectivity index (χ1) is 37.5. The van der Waals surface area contributed by atoms with Crippen LogP contribution in [0, 0.1) is 11.8 Å². The topological polar surface area (TPSA) is 424 Å². The van der Waals surface area contributed by atoms with Gasteiger partial charge in [0.15, 0.2) is 31.1 Å². The van der Waals surface area contributed by atoms with Gasteiger partial charge in [0, 0.05) is 39.7 Å². The Hall–Kier alpha value is -3.73. The SMILES string of the molecule is CCC(=O)O[C@H]1[C@H](C)O[C@@H](O[C@H]2[C@H](N(C)C)[C@@H](O)C(O[C@H]3[C@@H](CC=O)C[C@@H](C)[C@@H](O)/C=C/C=C/C[C@@H](C)OC(=O)C[C@H](OC(C)=O)[C@@H]3OC)O[C@@H]2C)C[C@@]1(C)O.O=C(O)[C@H](O)[C@@H](O)[C@H](O[C@@H]1O[C@H](CO)[C@H](O)[C@H](O)[C@H]1O)[C@H](O)CO. The summed E-state index contributed by atoms with van der Waals surface area (Å²) >= 11 is 0. The molecular formula is C52H87NO27. The number of aliphatic hydroxyl groups is 11. The van der Waals surface area contributed by atoms with E-state index >= 15 is 0 Å². The average Bonchev–Trinajstić information content (AvgIpc) is 3.38. The molecule has 12 N–H and O–H groups in total. The van der Waals surface area contributed by atoms with Gasteiger partial charge in [0.05, 0.1) is 50.1 Å². The molecule has 0 saturated carbocycles. The summed E-state index contributed by atoms with van der Waals surface area (Å²) in [5.41, 5.74) is -1.49. The number of aliphatic hydroxyl groups excluding tert-OH is 10. The third-order valence-electron chi connectivity index (χ3n) is 14.2. The molecule has 3 saturated heterocycles. The lowest BCUT2D eigenvalue weighted by Crippen LogP contribution is -2.66. The molecule has 4 aliphatic rings. The minimum atomic E-state index is -2.39. The predicted octanol–water partition coefficient (Wildman–Crippen LogP) is -3.29. The molecule has 0 amide bonds. The molecule has 0 aromatic carbocycles. The molecule has 1 unspecified atom stereocenters. The summed E-state index contributed by atoms with van der Waals surface area (Å²) in [6, 6.07) is -0.778. The van der Waals surface area contributed by atoms with Gasteiger partial charge in [0.25, 0.3) is 0 Å². The third kappa shape index (κ3) is 19.7. The molecule has 0 aromatic rings. The van der Waals surface area contributed by atoms with Crippen LogP contribution in [-0.4, -0.2) is 271 Å². The van der Waals surface area contributed by atoms with Crippen LogP contribution in [-0.2, 0) is 71.3 Å². The van der Waals surface area contributed by atoms with Crippen molar-refractivity contribution in [2.45, 2.75) is 227 Å². The standard InChI is InChI=1S/C40H65NO15.C12H22O12/c1-11-30(45)54-38-25(5)51-32(21-40(38,7)48)55-35-24(4)52-39(34(47)33(35)41(8)9)56-36-27(17-18-42)19-22(2)28(44)16-14-12-13-15-23(3)50-31(46)20-29(37(36)49-10)53-26(6)43;13-1-3(15)10(7(18)8(19)11(21)22)24-12-9(20)6(17)5(16)4(2-14)23-12/h12-14,16,18,22-25,27-29,32-39,44,47-48H,11,15,17,19-21H2,1-10H3;3-10,12-20H,1-2H2,(H,21,22)/b13-12+,16-14+;/t22-,23-,24-,25+,27+,28+,29+,32+,33-,34-,35-,36+,37+,38+,39?,40-;3-,4-,5+,6+,7-,8-,9-,10-,12+/m11/s1. The third-order valence-corrected chi connectivity index (χ3v) is 14.2. The molecule has 0 aliphatic carbocycles. The Morgan fingerprint density at radius 3 is 2.09 bits per heavy atom. The van der Waals surface area contributed by atoms with Gasteiger partial charge < -0.3 is 118 Å². The Bertz CT molecular complexity index is 1970. The predicted molar refractivity (Wildman–Crippen MR) is 272 cm³/mol. The number of cyclic esters (lactones) is 1. The van der Waals surface area contributed by atoms with Crippen molar-refractivity contribution in [3.63, 3.8) is 0 Å². The quantitative estimate of drug-likeness (QED) is 0.0343. The number of nitrogens with zero attached hydrogens (tertiary/aromatic N) is 1. The lowest BCUT2D eigenvalue weighted by Gasteiger charge is -2.50. The van der Waals surface area contributed by atoms with Gasteiger partial charge in [-0.2, -0.15) is 0 Å². The van der Waals surface area contributed by atoms with Crippen molar-refractivity contribution in [2.75, 3.05) is 34.4 Å². The highest BCUT2D eigenvalue weighted by molar-refractivity contribution is 5.73. The number of aliphatic carboxylic acids is 1. The van der Waals surface area contributed by atoms with E-state index in [0.717, 1.165) is 0 Å². The minimum absolute atomic E-state index is 0.0440. The van der Waals surface area contributed by atoms with Crippen molar-refractivity contribution in [1.82, 2.24) is 4.90 Å². The number of carboxylic acids is 1. The molecule has 0 aromatic heterocycles. The molecule has 4 heterocycles. The van der Waals surface area contributed by atoms with E-state index in [2.05, 4.69) is 0 Å². The number of hydrogen-bond acceptors (Lipinski definition) is 27. The lowest BCUT2D eigenvalue weighted by molar-refractivity contribution is -0.344. The van der Waals surface area contributed by atoms with Crippen LogP contribution in [0.1, 0.15) is 87.0 Å². The van der Waals surface area contributed by atoms with E-state index in [1.54, 1.807) is 77.9 Å². The maximum Gasteiger partial charge on any atom is 0.335 e. The maximum absolute atomic E-state index is 13.2. The Labute approximate surface area is 464 Å². The molecule has 28 nitrogen and oxygen atoms in total. The minimum Gasteiger partial charge on any atom is -0.479 e. The van der Waals surface area contributed by atoms with Gasteiger partial charge in [0.2, 0.25) is 0 Å². The number of carboxylic acid groups (broad SMARTS) is 1. The summed E-state index contributed by atoms with van der Waals surface area (Å²) in [5.74, 6) is -4.76. The largest absolute Gasteiger partial charge is 0.479 e. The Morgan fingerprint density at radius 1 is 0.875 bits per heavy atom. The van der Waals surface area contributed by atoms with E-state index in [9.17, 15) is 69.9 Å². The van der Waals surface area contributed by atoms with Crippen LogP contribution < -0.4 is 0 Å². The number of ether oxygens (including phenoxy) is 10. The van der Waals surface area contributed by atoms with Crippen molar-refractivity contribution in [3.05, 3.63) is 24.3 Å². The summed E-state index contributed by atoms with van der Waals surface area (Å²) in [6.07, 6.45) is -21.1. The van der Waals surface area contributed by atoms with Crippen molar-refractivity contribution in [1.29, 1.82) is 0 Å². The zero-order valence-corrected chi connectivity index (χ0v) is 46.8. The fraction of sp³-hybridized carbons (Fsp3) is 0.827. The van der Waals surface area contributed by atoms with Gasteiger partial charge in [0.1, 0.15) is 85.1 Å². The van der Waals surface area contributed by atoms with Gasteiger partial charge >= 0.3 is 23.9 Å². The summed E-state index contributed by atoms with van der Waals surface area (Å²) in [4.78, 5) is 62.5. The second-order valence-electron chi connectivity index (χ2n) is 21.0. The zero-order chi connectivity index (χ0) is 60.5. The molecule has 4 aliphatic heterocycles. The number of aldehydes is 1. The number of likely N-dealkylation sites (N-methyl/N-ethyl adjacent to an activating group) is 1.